The van der Waals surface area contributed by atoms with Crippen LogP contribution in [0.1, 0.15) is 0 Å². The van der Waals surface area contributed by atoms with Gasteiger partial charge in [0.15, 0.2) is 0 Å². The van der Waals surface area contributed by atoms with Crippen molar-refractivity contribution in [3.63, 3.8) is 0 Å². The first-order valence-electron chi connectivity index (χ1n) is 3.80. The van der Waals surface area contributed by atoms with Crippen LogP contribution in [0, 0.1) is 0 Å². The fourth-order valence-electron chi connectivity index (χ4n) is 0.749. The molecule has 1 heterocycles. The van der Waals surface area contributed by atoms with Gasteiger partial charge in [0.05, 0.1) is 0 Å². The van der Waals surface area contributed by atoms with Crippen molar-refractivity contribution in [3.8, 4) is 0 Å². The third-order valence-electron chi connectivity index (χ3n) is 1.34. The van der Waals surface area contributed by atoms with Crippen molar-refractivity contribution in [1.29, 1.82) is 0 Å². The molecule has 1 aliphatic heterocycles. The zero-order valence-corrected chi connectivity index (χ0v) is 12.2. The average Bonchev–Trinajstić information content (AvgIpc) is 2.11. The van der Waals surface area contributed by atoms with E-state index in [0.29, 0.717) is 14.2 Å². The molecule has 0 aliphatic carbocycles. The fourth-order valence-corrected chi connectivity index (χ4v) is 8.03. The van der Waals surface area contributed by atoms with Crippen LogP contribution in [0.4, 0.5) is 25.2 Å². The molecular weight excluding hydrogens is 350 g/mol. The van der Waals surface area contributed by atoms with Crippen LogP contribution >= 0.6 is 31.1 Å². The first-order valence-corrected chi connectivity index (χ1v) is 9.75. The molecule has 0 saturated carbocycles. The van der Waals surface area contributed by atoms with Crippen LogP contribution in [0.3, 0.4) is 0 Å². The Bertz CT molecular complexity index is 543. The molecule has 0 radical (unpaired) electrons. The normalized spacial score (nSPS) is 38.2. The summed E-state index contributed by atoms with van der Waals surface area (Å²) in [6, 6.07) is 0. The first kappa shape index (κ1) is 16.5. The van der Waals surface area contributed by atoms with E-state index >= 15 is 0 Å². The van der Waals surface area contributed by atoms with E-state index < -0.39 is 31.1 Å². The second kappa shape index (κ2) is 5.08. The molecule has 1 aliphatic rings. The van der Waals surface area contributed by atoms with Crippen LogP contribution in [-0.2, 0) is 9.05 Å². The van der Waals surface area contributed by atoms with Gasteiger partial charge in [-0.2, -0.15) is 8.39 Å². The second-order valence-electron chi connectivity index (χ2n) is 2.58. The zero-order chi connectivity index (χ0) is 14.2. The van der Waals surface area contributed by atoms with Gasteiger partial charge in [-0.3, -0.25) is 0 Å². The highest BCUT2D eigenvalue weighted by atomic mass is 31.3. The summed E-state index contributed by atoms with van der Waals surface area (Å²) < 4.78 is 95.4. The lowest BCUT2D eigenvalue weighted by atomic mass is 11.8. The minimum Gasteiger partial charge on any atom is -0.306 e. The topological polar surface area (TPSA) is 67.9 Å². The Kier molecular flexibility index (Phi) is 4.65. The molecule has 0 spiro atoms. The Morgan fingerprint density at radius 2 is 1.00 bits per heavy atom. The van der Waals surface area contributed by atoms with Gasteiger partial charge in [0, 0.05) is 14.2 Å². The molecular formula is C2H6F6N4O2P4. The summed E-state index contributed by atoms with van der Waals surface area (Å²) in [5.74, 6) is 0. The maximum atomic E-state index is 13.6. The standard InChI is InChI=1S/C2H6F6N4O2P4/c1-13-17(7)10-15(3,4)9-16(5,6)11-18(8,12-17)14-2/h1-2H3. The average molecular weight is 356 g/mol. The quantitative estimate of drug-likeness (QED) is 0.399. The fraction of sp³-hybridized carbons (Fsp3) is 1.00. The van der Waals surface area contributed by atoms with E-state index in [0.717, 1.165) is 0 Å². The molecule has 0 aromatic heterocycles. The highest BCUT2D eigenvalue weighted by Gasteiger charge is 2.39. The second-order valence-corrected chi connectivity index (χ2v) is 9.89. The Morgan fingerprint density at radius 1 is 0.611 bits per heavy atom. The van der Waals surface area contributed by atoms with Gasteiger partial charge in [-0.05, 0) is 0 Å². The molecule has 0 amide bonds. The number of hydrogen-bond donors (Lipinski definition) is 0. The molecule has 1 rings (SSSR count). The van der Waals surface area contributed by atoms with Gasteiger partial charge >= 0.3 is 31.1 Å². The number of rotatable bonds is 2. The van der Waals surface area contributed by atoms with Crippen molar-refractivity contribution in [3.05, 3.63) is 0 Å². The lowest BCUT2D eigenvalue weighted by molar-refractivity contribution is 0.407. The van der Waals surface area contributed by atoms with Gasteiger partial charge in [0.1, 0.15) is 0 Å². The van der Waals surface area contributed by atoms with Gasteiger partial charge in [-0.15, -0.1) is 34.8 Å². The van der Waals surface area contributed by atoms with E-state index in [2.05, 4.69) is 22.6 Å². The predicted molar refractivity (Wildman–Crippen MR) is 58.1 cm³/mol. The van der Waals surface area contributed by atoms with E-state index in [1.807, 2.05) is 0 Å². The van der Waals surface area contributed by atoms with Crippen molar-refractivity contribution in [2.75, 3.05) is 14.2 Å². The van der Waals surface area contributed by atoms with E-state index in [4.69, 9.17) is 0 Å². The van der Waals surface area contributed by atoms with Crippen LogP contribution in [0.5, 0.6) is 0 Å². The van der Waals surface area contributed by atoms with Crippen LogP contribution in [0.2, 0.25) is 0 Å². The van der Waals surface area contributed by atoms with Crippen molar-refractivity contribution in [1.82, 2.24) is 0 Å². The van der Waals surface area contributed by atoms with Crippen molar-refractivity contribution < 1.29 is 34.2 Å². The van der Waals surface area contributed by atoms with Crippen molar-refractivity contribution >= 4 is 31.1 Å². The Labute approximate surface area is 98.4 Å². The van der Waals surface area contributed by atoms with Gasteiger partial charge in [-0.25, -0.2) is 0 Å². The highest BCUT2D eigenvalue weighted by molar-refractivity contribution is 7.77. The van der Waals surface area contributed by atoms with Crippen LogP contribution in [0.25, 0.3) is 0 Å². The molecule has 0 saturated heterocycles. The lowest BCUT2D eigenvalue weighted by Crippen LogP contribution is -1.80. The maximum absolute atomic E-state index is 13.6. The minimum absolute atomic E-state index is 0.593. The summed E-state index contributed by atoms with van der Waals surface area (Å²) in [6.45, 7) is 0. The van der Waals surface area contributed by atoms with E-state index in [1.54, 1.807) is 4.52 Å². The zero-order valence-electron chi connectivity index (χ0n) is 8.66. The molecule has 2 unspecified atom stereocenters. The summed E-state index contributed by atoms with van der Waals surface area (Å²) >= 11 is 0. The van der Waals surface area contributed by atoms with Gasteiger partial charge in [0.25, 0.3) is 0 Å². The minimum atomic E-state index is -6.03. The monoisotopic (exact) mass is 356 g/mol. The number of hydrogen-bond acceptors (Lipinski definition) is 6. The van der Waals surface area contributed by atoms with Crippen LogP contribution in [-0.4, -0.2) is 14.2 Å². The molecule has 16 heteroatoms. The van der Waals surface area contributed by atoms with E-state index in [1.165, 1.54) is 0 Å². The summed E-state index contributed by atoms with van der Waals surface area (Å²) in [5.41, 5.74) is 0. The molecule has 0 aromatic carbocycles. The molecule has 6 nitrogen and oxygen atoms in total. The summed E-state index contributed by atoms with van der Waals surface area (Å²) in [4.78, 5) is 0. The molecule has 2 atom stereocenters. The van der Waals surface area contributed by atoms with Crippen LogP contribution in [0.15, 0.2) is 18.1 Å². The number of nitrogens with zero attached hydrogens (tertiary/aromatic N) is 4. The maximum Gasteiger partial charge on any atom is 0.425 e. The smallest absolute Gasteiger partial charge is 0.306 e. The van der Waals surface area contributed by atoms with Gasteiger partial charge < -0.3 is 9.05 Å². The SMILES string of the molecule is COP1(F)=NP(F)(F)=NP(F)(F)=NP(F)(OC)=N1. The van der Waals surface area contributed by atoms with E-state index in [9.17, 15) is 25.2 Å². The van der Waals surface area contributed by atoms with Gasteiger partial charge in [0.2, 0.25) is 0 Å². The number of halogens is 6. The third-order valence-corrected chi connectivity index (χ3v) is 9.24. The molecule has 0 N–H and O–H groups in total. The predicted octanol–water partition coefficient (Wildman–Crippen LogP) is 6.89. The van der Waals surface area contributed by atoms with Gasteiger partial charge in [-0.1, -0.05) is 0 Å². The summed E-state index contributed by atoms with van der Waals surface area (Å²) in [7, 11) is -21.1. The van der Waals surface area contributed by atoms with Crippen LogP contribution < -0.4 is 0 Å². The lowest BCUT2D eigenvalue weighted by Gasteiger charge is -2.16. The van der Waals surface area contributed by atoms with Crippen molar-refractivity contribution in [2.24, 2.45) is 18.1 Å². The van der Waals surface area contributed by atoms with Crippen molar-refractivity contribution in [2.45, 2.75) is 0 Å². The molecule has 0 bridgehead atoms. The highest BCUT2D eigenvalue weighted by Crippen LogP contribution is 2.81. The third kappa shape index (κ3) is 4.22. The first-order chi connectivity index (χ1) is 7.95. The summed E-state index contributed by atoms with van der Waals surface area (Å²) in [6.07, 6.45) is 0. The Hall–Kier alpha value is 0.420. The largest absolute Gasteiger partial charge is 0.425 e. The molecule has 18 heavy (non-hydrogen) atoms. The molecule has 108 valence electrons. The molecule has 0 aromatic rings. The van der Waals surface area contributed by atoms with E-state index in [-0.39, 0.29) is 0 Å². The Balaban J connectivity index is 3.72. The molecule has 0 fully saturated rings. The summed E-state index contributed by atoms with van der Waals surface area (Å²) in [5, 5.41) is 0. The Morgan fingerprint density at radius 3 is 1.44 bits per heavy atom.